The number of ether oxygens (including phenoxy) is 2. The summed E-state index contributed by atoms with van der Waals surface area (Å²) in [5.74, 6) is 1.38. The van der Waals surface area contributed by atoms with Gasteiger partial charge in [-0.3, -0.25) is 0 Å². The molecule has 0 fully saturated rings. The van der Waals surface area contributed by atoms with Gasteiger partial charge in [0.15, 0.2) is 0 Å². The molecule has 0 bridgehead atoms. The fourth-order valence-corrected chi connectivity index (χ4v) is 2.11. The van der Waals surface area contributed by atoms with Crippen molar-refractivity contribution in [2.75, 3.05) is 14.2 Å². The molecule has 0 saturated heterocycles. The van der Waals surface area contributed by atoms with Crippen LogP contribution in [0.5, 0.6) is 11.5 Å². The number of thiazole rings is 1. The molecule has 0 amide bonds. The molecule has 0 atom stereocenters. The van der Waals surface area contributed by atoms with Gasteiger partial charge in [0.05, 0.1) is 19.7 Å². The van der Waals surface area contributed by atoms with E-state index in [2.05, 4.69) is 11.1 Å². The Morgan fingerprint density at radius 1 is 1.29 bits per heavy atom. The summed E-state index contributed by atoms with van der Waals surface area (Å²) in [5.41, 5.74) is 3.05. The van der Waals surface area contributed by atoms with Crippen molar-refractivity contribution in [1.82, 2.24) is 4.98 Å². The van der Waals surface area contributed by atoms with Gasteiger partial charge < -0.3 is 9.47 Å². The van der Waals surface area contributed by atoms with Gasteiger partial charge in [0.1, 0.15) is 28.1 Å². The molecule has 1 heterocycles. The molecule has 0 radical (unpaired) electrons. The lowest BCUT2D eigenvalue weighted by Gasteiger charge is -2.08. The van der Waals surface area contributed by atoms with E-state index in [1.165, 1.54) is 11.3 Å². The Labute approximate surface area is 103 Å². The average Bonchev–Trinajstić information content (AvgIpc) is 2.86. The number of rotatable bonds is 3. The molecule has 4 nitrogen and oxygen atoms in total. The maximum absolute atomic E-state index is 9.01. The summed E-state index contributed by atoms with van der Waals surface area (Å²) in [4.78, 5) is 4.77. The zero-order valence-corrected chi connectivity index (χ0v) is 10.2. The van der Waals surface area contributed by atoms with Crippen molar-refractivity contribution in [2.45, 2.75) is 0 Å². The zero-order valence-electron chi connectivity index (χ0n) is 9.43. The lowest BCUT2D eigenvalue weighted by molar-refractivity contribution is 0.404. The first kappa shape index (κ1) is 11.4. The normalized spacial score (nSPS) is 9.71. The molecule has 17 heavy (non-hydrogen) atoms. The van der Waals surface area contributed by atoms with Crippen LogP contribution in [0.25, 0.3) is 11.3 Å². The number of benzene rings is 1. The van der Waals surface area contributed by atoms with Crippen LogP contribution in [0, 0.1) is 11.3 Å². The Kier molecular flexibility index (Phi) is 3.26. The summed E-state index contributed by atoms with van der Waals surface area (Å²) >= 11 is 1.31. The number of hydrogen-bond acceptors (Lipinski definition) is 5. The summed E-state index contributed by atoms with van der Waals surface area (Å²) in [6.45, 7) is 0. The third-order valence-corrected chi connectivity index (χ3v) is 3.06. The van der Waals surface area contributed by atoms with Gasteiger partial charge in [-0.2, -0.15) is 5.26 Å². The largest absolute Gasteiger partial charge is 0.497 e. The Morgan fingerprint density at radius 2 is 2.12 bits per heavy atom. The zero-order chi connectivity index (χ0) is 12.3. The van der Waals surface area contributed by atoms with Crippen molar-refractivity contribution in [3.63, 3.8) is 0 Å². The van der Waals surface area contributed by atoms with Crippen LogP contribution in [0.2, 0.25) is 0 Å². The van der Waals surface area contributed by atoms with E-state index in [0.717, 1.165) is 5.56 Å². The molecule has 1 aromatic carbocycles. The van der Waals surface area contributed by atoms with Gasteiger partial charge >= 0.3 is 0 Å². The summed E-state index contributed by atoms with van der Waals surface area (Å²) in [7, 11) is 3.18. The number of methoxy groups -OCH3 is 2. The van der Waals surface area contributed by atoms with Gasteiger partial charge in [0.2, 0.25) is 0 Å². The van der Waals surface area contributed by atoms with Crippen LogP contribution >= 0.6 is 11.3 Å². The minimum Gasteiger partial charge on any atom is -0.497 e. The van der Waals surface area contributed by atoms with Crippen molar-refractivity contribution in [3.05, 3.63) is 28.6 Å². The van der Waals surface area contributed by atoms with Gasteiger partial charge in [0, 0.05) is 5.56 Å². The van der Waals surface area contributed by atoms with Crippen molar-refractivity contribution in [3.8, 4) is 28.8 Å². The lowest BCUT2D eigenvalue weighted by atomic mass is 10.1. The highest BCUT2D eigenvalue weighted by Crippen LogP contribution is 2.35. The summed E-state index contributed by atoms with van der Waals surface area (Å²) < 4.78 is 10.4. The highest BCUT2D eigenvalue weighted by atomic mass is 32.1. The van der Waals surface area contributed by atoms with E-state index in [4.69, 9.17) is 14.7 Å². The van der Waals surface area contributed by atoms with Gasteiger partial charge in [-0.25, -0.2) is 4.98 Å². The van der Waals surface area contributed by atoms with Crippen LogP contribution in [0.15, 0.2) is 23.7 Å². The van der Waals surface area contributed by atoms with E-state index in [1.807, 2.05) is 6.07 Å². The smallest absolute Gasteiger partial charge is 0.132 e. The van der Waals surface area contributed by atoms with Crippen molar-refractivity contribution < 1.29 is 9.47 Å². The molecular formula is C12H10N2O2S. The van der Waals surface area contributed by atoms with Crippen LogP contribution < -0.4 is 9.47 Å². The Balaban J connectivity index is 2.61. The molecule has 0 N–H and O–H groups in total. The minimum atomic E-state index is 0.566. The van der Waals surface area contributed by atoms with E-state index in [0.29, 0.717) is 22.1 Å². The number of aromatic nitrogens is 1. The molecule has 2 aromatic rings. The average molecular weight is 246 g/mol. The van der Waals surface area contributed by atoms with Crippen LogP contribution in [0.3, 0.4) is 0 Å². The number of nitriles is 1. The fraction of sp³-hybridized carbons (Fsp3) is 0.167. The van der Waals surface area contributed by atoms with Crippen molar-refractivity contribution in [2.24, 2.45) is 0 Å². The Hall–Kier alpha value is -2.06. The molecule has 5 heteroatoms. The van der Waals surface area contributed by atoms with E-state index >= 15 is 0 Å². The first-order chi connectivity index (χ1) is 8.30. The van der Waals surface area contributed by atoms with Crippen molar-refractivity contribution in [1.29, 1.82) is 5.26 Å². The third kappa shape index (κ3) is 2.08. The second kappa shape index (κ2) is 4.85. The van der Waals surface area contributed by atoms with Gasteiger partial charge in [0.25, 0.3) is 0 Å². The van der Waals surface area contributed by atoms with E-state index in [9.17, 15) is 0 Å². The highest BCUT2D eigenvalue weighted by molar-refractivity contribution is 7.10. The fourth-order valence-electron chi connectivity index (χ4n) is 1.52. The van der Waals surface area contributed by atoms with Gasteiger partial charge in [-0.1, -0.05) is 0 Å². The van der Waals surface area contributed by atoms with E-state index in [1.54, 1.807) is 31.9 Å². The number of nitrogens with zero attached hydrogens (tertiary/aromatic N) is 2. The van der Waals surface area contributed by atoms with Gasteiger partial charge in [-0.15, -0.1) is 11.3 Å². The second-order valence-electron chi connectivity index (χ2n) is 3.21. The topological polar surface area (TPSA) is 55.1 Å². The maximum atomic E-state index is 9.01. The van der Waals surface area contributed by atoms with Crippen LogP contribution in [0.4, 0.5) is 0 Å². The van der Waals surface area contributed by atoms with E-state index < -0.39 is 0 Å². The Bertz CT molecular complexity index is 572. The number of hydrogen-bond donors (Lipinski definition) is 0. The first-order valence-corrected chi connectivity index (χ1v) is 5.74. The molecule has 0 aliphatic carbocycles. The molecule has 0 aliphatic rings. The predicted molar refractivity (Wildman–Crippen MR) is 65.4 cm³/mol. The quantitative estimate of drug-likeness (QED) is 0.835. The monoisotopic (exact) mass is 246 g/mol. The third-order valence-electron chi connectivity index (χ3n) is 2.33. The minimum absolute atomic E-state index is 0.566. The SMILES string of the molecule is COc1ccc(OC)c(-c2ncsc2C#N)c1. The molecule has 0 unspecified atom stereocenters. The summed E-state index contributed by atoms with van der Waals surface area (Å²) in [6.07, 6.45) is 0. The summed E-state index contributed by atoms with van der Waals surface area (Å²) in [6, 6.07) is 7.54. The molecule has 0 aliphatic heterocycles. The molecule has 0 spiro atoms. The molecule has 86 valence electrons. The second-order valence-corrected chi connectivity index (χ2v) is 4.06. The van der Waals surface area contributed by atoms with Gasteiger partial charge in [-0.05, 0) is 18.2 Å². The van der Waals surface area contributed by atoms with Crippen LogP contribution in [-0.2, 0) is 0 Å². The molecule has 1 aromatic heterocycles. The maximum Gasteiger partial charge on any atom is 0.132 e. The Morgan fingerprint density at radius 3 is 2.76 bits per heavy atom. The first-order valence-electron chi connectivity index (χ1n) is 4.86. The van der Waals surface area contributed by atoms with Crippen molar-refractivity contribution >= 4 is 11.3 Å². The van der Waals surface area contributed by atoms with Crippen LogP contribution in [-0.4, -0.2) is 19.2 Å². The van der Waals surface area contributed by atoms with Crippen LogP contribution in [0.1, 0.15) is 4.88 Å². The predicted octanol–water partition coefficient (Wildman–Crippen LogP) is 2.70. The van der Waals surface area contributed by atoms with E-state index in [-0.39, 0.29) is 0 Å². The lowest BCUT2D eigenvalue weighted by Crippen LogP contribution is -1.91. The molecular weight excluding hydrogens is 236 g/mol. The highest BCUT2D eigenvalue weighted by Gasteiger charge is 2.14. The molecule has 0 saturated carbocycles. The molecule has 2 rings (SSSR count). The summed E-state index contributed by atoms with van der Waals surface area (Å²) in [5, 5.41) is 9.01. The standard InChI is InChI=1S/C12H10N2O2S/c1-15-8-3-4-10(16-2)9(5-8)12-11(6-13)17-7-14-12/h3-5,7H,1-2H3.